The number of nitrogens with zero attached hydrogens (tertiary/aromatic N) is 2. The van der Waals surface area contributed by atoms with Crippen LogP contribution in [-0.4, -0.2) is 35.5 Å². The SMILES string of the molecule is O=C(COc1ccc(F)cc1F)N1CCC[C@@H](c2ncc(Cc3ccccc3Cl)o2)C1. The van der Waals surface area contributed by atoms with Crippen LogP contribution in [0.1, 0.15) is 36.0 Å². The quantitative estimate of drug-likeness (QED) is 0.535. The zero-order chi connectivity index (χ0) is 21.8. The number of benzene rings is 2. The van der Waals surface area contributed by atoms with Crippen LogP contribution in [0.2, 0.25) is 5.02 Å². The molecule has 1 atom stereocenters. The molecule has 31 heavy (non-hydrogen) atoms. The van der Waals surface area contributed by atoms with Crippen LogP contribution in [0.4, 0.5) is 8.78 Å². The fraction of sp³-hybridized carbons (Fsp3) is 0.304. The predicted molar refractivity (Wildman–Crippen MR) is 111 cm³/mol. The third-order valence-electron chi connectivity index (χ3n) is 5.26. The Balaban J connectivity index is 1.35. The van der Waals surface area contributed by atoms with E-state index in [1.807, 2.05) is 24.3 Å². The molecule has 2 aromatic carbocycles. The van der Waals surface area contributed by atoms with Gasteiger partial charge in [0.25, 0.3) is 5.91 Å². The maximum atomic E-state index is 13.7. The summed E-state index contributed by atoms with van der Waals surface area (Å²) < 4.78 is 37.9. The van der Waals surface area contributed by atoms with Gasteiger partial charge in [0.05, 0.1) is 12.1 Å². The number of carbonyl (C=O) groups is 1. The monoisotopic (exact) mass is 446 g/mol. The summed E-state index contributed by atoms with van der Waals surface area (Å²) in [5.41, 5.74) is 0.956. The summed E-state index contributed by atoms with van der Waals surface area (Å²) in [6.07, 6.45) is 3.88. The van der Waals surface area contributed by atoms with E-state index in [2.05, 4.69) is 4.98 Å². The molecule has 3 aromatic rings. The van der Waals surface area contributed by atoms with Gasteiger partial charge in [-0.3, -0.25) is 4.79 Å². The second-order valence-corrected chi connectivity index (χ2v) is 7.88. The van der Waals surface area contributed by atoms with Crippen molar-refractivity contribution in [2.75, 3.05) is 19.7 Å². The Hall–Kier alpha value is -2.93. The molecule has 0 radical (unpaired) electrons. The van der Waals surface area contributed by atoms with Crippen molar-refractivity contribution in [3.05, 3.63) is 82.5 Å². The lowest BCUT2D eigenvalue weighted by Gasteiger charge is -2.31. The van der Waals surface area contributed by atoms with Gasteiger partial charge in [0, 0.05) is 30.6 Å². The number of amides is 1. The first-order chi connectivity index (χ1) is 15.0. The molecule has 0 N–H and O–H groups in total. The van der Waals surface area contributed by atoms with Crippen molar-refractivity contribution < 1.29 is 22.7 Å². The summed E-state index contributed by atoms with van der Waals surface area (Å²) >= 11 is 6.21. The number of ether oxygens (including phenoxy) is 1. The van der Waals surface area contributed by atoms with Crippen LogP contribution in [0.15, 0.2) is 53.1 Å². The molecule has 1 amide bonds. The number of aromatic nitrogens is 1. The number of hydrogen-bond acceptors (Lipinski definition) is 4. The Morgan fingerprint density at radius 1 is 1.26 bits per heavy atom. The fourth-order valence-electron chi connectivity index (χ4n) is 3.65. The van der Waals surface area contributed by atoms with E-state index in [1.165, 1.54) is 6.07 Å². The number of rotatable bonds is 6. The highest BCUT2D eigenvalue weighted by atomic mass is 35.5. The molecule has 1 aliphatic rings. The molecule has 1 aliphatic heterocycles. The molecule has 0 unspecified atom stereocenters. The van der Waals surface area contributed by atoms with Gasteiger partial charge in [0.2, 0.25) is 0 Å². The first-order valence-electron chi connectivity index (χ1n) is 10.0. The zero-order valence-corrected chi connectivity index (χ0v) is 17.4. The standard InChI is InChI=1S/C23H21ClF2N2O3/c24-19-6-2-1-4-15(19)10-18-12-27-23(31-18)16-5-3-9-28(13-16)22(29)14-30-21-8-7-17(25)11-20(21)26/h1-2,4,6-8,11-12,16H,3,5,9-10,13-14H2/t16-/m1/s1. The van der Waals surface area contributed by atoms with Crippen molar-refractivity contribution in [3.63, 3.8) is 0 Å². The second kappa shape index (κ2) is 9.47. The Morgan fingerprint density at radius 2 is 2.10 bits per heavy atom. The first-order valence-corrected chi connectivity index (χ1v) is 10.4. The van der Waals surface area contributed by atoms with Crippen LogP contribution in [0.25, 0.3) is 0 Å². The summed E-state index contributed by atoms with van der Waals surface area (Å²) in [5.74, 6) is -0.687. The van der Waals surface area contributed by atoms with Gasteiger partial charge in [-0.05, 0) is 36.6 Å². The third-order valence-corrected chi connectivity index (χ3v) is 5.63. The highest BCUT2D eigenvalue weighted by Crippen LogP contribution is 2.28. The van der Waals surface area contributed by atoms with E-state index in [9.17, 15) is 13.6 Å². The van der Waals surface area contributed by atoms with Crippen molar-refractivity contribution in [2.24, 2.45) is 0 Å². The summed E-state index contributed by atoms with van der Waals surface area (Å²) in [4.78, 5) is 18.6. The summed E-state index contributed by atoms with van der Waals surface area (Å²) in [6.45, 7) is 0.705. The average Bonchev–Trinajstić information content (AvgIpc) is 3.23. The predicted octanol–water partition coefficient (Wildman–Crippen LogP) is 4.98. The van der Waals surface area contributed by atoms with Gasteiger partial charge in [0.15, 0.2) is 24.1 Å². The molecule has 0 spiro atoms. The van der Waals surface area contributed by atoms with Crippen molar-refractivity contribution in [3.8, 4) is 5.75 Å². The maximum Gasteiger partial charge on any atom is 0.260 e. The van der Waals surface area contributed by atoms with Crippen LogP contribution in [-0.2, 0) is 11.2 Å². The van der Waals surface area contributed by atoms with E-state index < -0.39 is 11.6 Å². The molecule has 0 aliphatic carbocycles. The lowest BCUT2D eigenvalue weighted by atomic mass is 9.98. The van der Waals surface area contributed by atoms with Gasteiger partial charge in [-0.25, -0.2) is 13.8 Å². The van der Waals surface area contributed by atoms with Gasteiger partial charge in [-0.15, -0.1) is 0 Å². The minimum absolute atomic E-state index is 0.0275. The Labute approximate surface area is 183 Å². The van der Waals surface area contributed by atoms with E-state index in [0.717, 1.165) is 30.5 Å². The molecular formula is C23H21ClF2N2O3. The Kier molecular flexibility index (Phi) is 6.51. The summed E-state index contributed by atoms with van der Waals surface area (Å²) in [5, 5.41) is 0.674. The summed E-state index contributed by atoms with van der Waals surface area (Å²) in [7, 11) is 0. The molecule has 1 saturated heterocycles. The van der Waals surface area contributed by atoms with Crippen molar-refractivity contribution in [2.45, 2.75) is 25.2 Å². The summed E-state index contributed by atoms with van der Waals surface area (Å²) in [6, 6.07) is 10.5. The molecular weight excluding hydrogens is 426 g/mol. The van der Waals surface area contributed by atoms with E-state index in [0.29, 0.717) is 36.2 Å². The molecule has 5 nitrogen and oxygen atoms in total. The van der Waals surface area contributed by atoms with Crippen LogP contribution >= 0.6 is 11.6 Å². The smallest absolute Gasteiger partial charge is 0.260 e. The number of halogens is 3. The van der Waals surface area contributed by atoms with Crippen LogP contribution in [0.3, 0.4) is 0 Å². The van der Waals surface area contributed by atoms with Gasteiger partial charge < -0.3 is 14.1 Å². The van der Waals surface area contributed by atoms with Gasteiger partial charge in [0.1, 0.15) is 11.6 Å². The molecule has 0 saturated carbocycles. The number of oxazole rings is 1. The van der Waals surface area contributed by atoms with Gasteiger partial charge in [-0.1, -0.05) is 29.8 Å². The minimum Gasteiger partial charge on any atom is -0.481 e. The maximum absolute atomic E-state index is 13.7. The molecule has 8 heteroatoms. The van der Waals surface area contributed by atoms with Crippen molar-refractivity contribution in [1.29, 1.82) is 0 Å². The molecule has 1 aromatic heterocycles. The zero-order valence-electron chi connectivity index (χ0n) is 16.7. The van der Waals surface area contributed by atoms with Crippen molar-refractivity contribution >= 4 is 17.5 Å². The normalized spacial score (nSPS) is 16.4. The number of carbonyl (C=O) groups excluding carboxylic acids is 1. The van der Waals surface area contributed by atoms with Crippen molar-refractivity contribution in [1.82, 2.24) is 9.88 Å². The number of hydrogen-bond donors (Lipinski definition) is 0. The highest BCUT2D eigenvalue weighted by molar-refractivity contribution is 6.31. The second-order valence-electron chi connectivity index (χ2n) is 7.48. The van der Waals surface area contributed by atoms with Gasteiger partial charge >= 0.3 is 0 Å². The minimum atomic E-state index is -0.838. The number of piperidine rings is 1. The van der Waals surface area contributed by atoms with E-state index >= 15 is 0 Å². The number of likely N-dealkylation sites (tertiary alicyclic amines) is 1. The van der Waals surface area contributed by atoms with Crippen LogP contribution in [0, 0.1) is 11.6 Å². The molecule has 2 heterocycles. The fourth-order valence-corrected chi connectivity index (χ4v) is 3.85. The van der Waals surface area contributed by atoms with E-state index in [1.54, 1.807) is 11.1 Å². The first kappa shape index (κ1) is 21.3. The molecule has 1 fully saturated rings. The van der Waals surface area contributed by atoms with E-state index in [4.69, 9.17) is 20.8 Å². The molecule has 0 bridgehead atoms. The lowest BCUT2D eigenvalue weighted by Crippen LogP contribution is -2.41. The Bertz CT molecular complexity index is 1070. The van der Waals surface area contributed by atoms with Crippen LogP contribution < -0.4 is 4.74 Å². The largest absolute Gasteiger partial charge is 0.481 e. The topological polar surface area (TPSA) is 55.6 Å². The lowest BCUT2D eigenvalue weighted by molar-refractivity contribution is -0.134. The average molecular weight is 447 g/mol. The molecule has 162 valence electrons. The van der Waals surface area contributed by atoms with Crippen LogP contribution in [0.5, 0.6) is 5.75 Å². The van der Waals surface area contributed by atoms with Gasteiger partial charge in [-0.2, -0.15) is 0 Å². The Morgan fingerprint density at radius 3 is 2.90 bits per heavy atom. The highest BCUT2D eigenvalue weighted by Gasteiger charge is 2.28. The molecule has 4 rings (SSSR count). The van der Waals surface area contributed by atoms with E-state index in [-0.39, 0.29) is 24.2 Å². The third kappa shape index (κ3) is 5.22.